The van der Waals surface area contributed by atoms with E-state index in [0.717, 1.165) is 0 Å². The van der Waals surface area contributed by atoms with Crippen LogP contribution < -0.4 is 14.8 Å². The summed E-state index contributed by atoms with van der Waals surface area (Å²) in [5.74, 6) is 0.921. The Kier molecular flexibility index (Phi) is 4.48. The topological polar surface area (TPSA) is 47.6 Å². The first kappa shape index (κ1) is 14.2. The van der Waals surface area contributed by atoms with Gasteiger partial charge in [0.05, 0.1) is 14.2 Å². The maximum Gasteiger partial charge on any atom is 0.255 e. The van der Waals surface area contributed by atoms with Crippen LogP contribution in [0.15, 0.2) is 42.5 Å². The fourth-order valence-electron chi connectivity index (χ4n) is 1.75. The Morgan fingerprint density at radius 3 is 2.45 bits per heavy atom. The molecule has 5 heteroatoms. The SMILES string of the molecule is COc1ccc(NC(=O)c2cccc(Cl)c2)cc1OC. The van der Waals surface area contributed by atoms with Gasteiger partial charge in [-0.25, -0.2) is 0 Å². The van der Waals surface area contributed by atoms with Crippen molar-refractivity contribution in [2.45, 2.75) is 0 Å². The summed E-state index contributed by atoms with van der Waals surface area (Å²) in [4.78, 5) is 12.1. The van der Waals surface area contributed by atoms with Crippen molar-refractivity contribution in [1.29, 1.82) is 0 Å². The molecule has 0 aliphatic carbocycles. The first-order valence-electron chi connectivity index (χ1n) is 5.93. The lowest BCUT2D eigenvalue weighted by molar-refractivity contribution is 0.102. The number of anilines is 1. The van der Waals surface area contributed by atoms with Crippen molar-refractivity contribution in [3.8, 4) is 11.5 Å². The molecule has 0 saturated heterocycles. The summed E-state index contributed by atoms with van der Waals surface area (Å²) in [6.45, 7) is 0. The van der Waals surface area contributed by atoms with E-state index in [-0.39, 0.29) is 5.91 Å². The molecule has 0 atom stereocenters. The average molecular weight is 292 g/mol. The standard InChI is InChI=1S/C15H14ClNO3/c1-19-13-7-6-12(9-14(13)20-2)17-15(18)10-4-3-5-11(16)8-10/h3-9H,1-2H3,(H,17,18). The smallest absolute Gasteiger partial charge is 0.255 e. The fourth-order valence-corrected chi connectivity index (χ4v) is 1.94. The molecule has 0 bridgehead atoms. The number of rotatable bonds is 4. The molecule has 0 aliphatic rings. The Bertz CT molecular complexity index is 628. The quantitative estimate of drug-likeness (QED) is 0.936. The van der Waals surface area contributed by atoms with Gasteiger partial charge in [0.25, 0.3) is 5.91 Å². The Morgan fingerprint density at radius 1 is 1.05 bits per heavy atom. The normalized spacial score (nSPS) is 9.95. The summed E-state index contributed by atoms with van der Waals surface area (Å²) < 4.78 is 10.3. The van der Waals surface area contributed by atoms with Crippen LogP contribution >= 0.6 is 11.6 Å². The van der Waals surface area contributed by atoms with Gasteiger partial charge in [0.1, 0.15) is 0 Å². The summed E-state index contributed by atoms with van der Waals surface area (Å²) in [5.41, 5.74) is 1.11. The monoisotopic (exact) mass is 291 g/mol. The average Bonchev–Trinajstić information content (AvgIpc) is 2.47. The van der Waals surface area contributed by atoms with Crippen LogP contribution in [0.25, 0.3) is 0 Å². The minimum Gasteiger partial charge on any atom is -0.493 e. The first-order chi connectivity index (χ1) is 9.63. The molecule has 0 fully saturated rings. The van der Waals surface area contributed by atoms with Gasteiger partial charge in [0, 0.05) is 22.3 Å². The molecule has 1 N–H and O–H groups in total. The zero-order valence-electron chi connectivity index (χ0n) is 11.1. The summed E-state index contributed by atoms with van der Waals surface area (Å²) in [6, 6.07) is 11.9. The number of carbonyl (C=O) groups excluding carboxylic acids is 1. The van der Waals surface area contributed by atoms with E-state index in [2.05, 4.69) is 5.32 Å². The molecule has 0 saturated carbocycles. The molecule has 0 unspecified atom stereocenters. The van der Waals surface area contributed by atoms with Crippen LogP contribution in [0.3, 0.4) is 0 Å². The molecule has 2 aromatic rings. The number of methoxy groups -OCH3 is 2. The van der Waals surface area contributed by atoms with Crippen LogP contribution in [0.2, 0.25) is 5.02 Å². The molecule has 0 heterocycles. The van der Waals surface area contributed by atoms with Crippen LogP contribution in [0.4, 0.5) is 5.69 Å². The third-order valence-electron chi connectivity index (χ3n) is 2.73. The number of hydrogen-bond acceptors (Lipinski definition) is 3. The van der Waals surface area contributed by atoms with Gasteiger partial charge in [-0.3, -0.25) is 4.79 Å². The Balaban J connectivity index is 2.19. The molecule has 1 amide bonds. The number of benzene rings is 2. The molecule has 4 nitrogen and oxygen atoms in total. The maximum absolute atomic E-state index is 12.1. The largest absolute Gasteiger partial charge is 0.493 e. The molecule has 0 aliphatic heterocycles. The second-order valence-electron chi connectivity index (χ2n) is 4.03. The lowest BCUT2D eigenvalue weighted by Crippen LogP contribution is -2.11. The van der Waals surface area contributed by atoms with E-state index in [1.807, 2.05) is 0 Å². The van der Waals surface area contributed by atoms with Gasteiger partial charge in [-0.2, -0.15) is 0 Å². The zero-order chi connectivity index (χ0) is 14.5. The third-order valence-corrected chi connectivity index (χ3v) is 2.96. The highest BCUT2D eigenvalue weighted by Crippen LogP contribution is 2.29. The Hall–Kier alpha value is -2.20. The van der Waals surface area contributed by atoms with E-state index in [4.69, 9.17) is 21.1 Å². The van der Waals surface area contributed by atoms with Crippen molar-refractivity contribution in [3.05, 3.63) is 53.1 Å². The van der Waals surface area contributed by atoms with E-state index in [9.17, 15) is 4.79 Å². The molecule has 20 heavy (non-hydrogen) atoms. The summed E-state index contributed by atoms with van der Waals surface area (Å²) >= 11 is 5.86. The number of amides is 1. The minimum absolute atomic E-state index is 0.236. The van der Waals surface area contributed by atoms with Gasteiger partial charge in [0.2, 0.25) is 0 Å². The van der Waals surface area contributed by atoms with Gasteiger partial charge in [-0.1, -0.05) is 17.7 Å². The van der Waals surface area contributed by atoms with Gasteiger partial charge >= 0.3 is 0 Å². The third kappa shape index (κ3) is 3.22. The van der Waals surface area contributed by atoms with E-state index in [0.29, 0.717) is 27.8 Å². The summed E-state index contributed by atoms with van der Waals surface area (Å²) in [7, 11) is 3.10. The van der Waals surface area contributed by atoms with Crippen LogP contribution in [-0.2, 0) is 0 Å². The van der Waals surface area contributed by atoms with E-state index >= 15 is 0 Å². The predicted molar refractivity (Wildman–Crippen MR) is 79.0 cm³/mol. The molecule has 0 radical (unpaired) electrons. The highest BCUT2D eigenvalue weighted by Gasteiger charge is 2.09. The Morgan fingerprint density at radius 2 is 1.80 bits per heavy atom. The van der Waals surface area contributed by atoms with Crippen LogP contribution in [-0.4, -0.2) is 20.1 Å². The van der Waals surface area contributed by atoms with E-state index in [1.165, 1.54) is 0 Å². The van der Waals surface area contributed by atoms with Crippen LogP contribution in [0.1, 0.15) is 10.4 Å². The minimum atomic E-state index is -0.236. The number of ether oxygens (including phenoxy) is 2. The maximum atomic E-state index is 12.1. The summed E-state index contributed by atoms with van der Waals surface area (Å²) in [5, 5.41) is 3.30. The van der Waals surface area contributed by atoms with E-state index < -0.39 is 0 Å². The molecule has 104 valence electrons. The number of carbonyl (C=O) groups is 1. The van der Waals surface area contributed by atoms with Gasteiger partial charge < -0.3 is 14.8 Å². The van der Waals surface area contributed by atoms with Gasteiger partial charge in [-0.15, -0.1) is 0 Å². The van der Waals surface area contributed by atoms with Crippen molar-refractivity contribution in [3.63, 3.8) is 0 Å². The van der Waals surface area contributed by atoms with Gasteiger partial charge in [-0.05, 0) is 30.3 Å². The molecule has 2 rings (SSSR count). The Labute approximate surface area is 122 Å². The van der Waals surface area contributed by atoms with Gasteiger partial charge in [0.15, 0.2) is 11.5 Å². The molecular weight excluding hydrogens is 278 g/mol. The number of nitrogens with one attached hydrogen (secondary N) is 1. The highest BCUT2D eigenvalue weighted by atomic mass is 35.5. The first-order valence-corrected chi connectivity index (χ1v) is 6.31. The lowest BCUT2D eigenvalue weighted by Gasteiger charge is -2.10. The van der Waals surface area contributed by atoms with Crippen molar-refractivity contribution >= 4 is 23.2 Å². The molecular formula is C15H14ClNO3. The molecule has 0 spiro atoms. The fraction of sp³-hybridized carbons (Fsp3) is 0.133. The molecule has 2 aromatic carbocycles. The summed E-state index contributed by atoms with van der Waals surface area (Å²) in [6.07, 6.45) is 0. The van der Waals surface area contributed by atoms with Crippen LogP contribution in [0, 0.1) is 0 Å². The predicted octanol–water partition coefficient (Wildman–Crippen LogP) is 3.61. The number of halogens is 1. The van der Waals surface area contributed by atoms with Crippen LogP contribution in [0.5, 0.6) is 11.5 Å². The second-order valence-corrected chi connectivity index (χ2v) is 4.47. The van der Waals surface area contributed by atoms with Crippen molar-refractivity contribution in [2.75, 3.05) is 19.5 Å². The van der Waals surface area contributed by atoms with E-state index in [1.54, 1.807) is 56.7 Å². The van der Waals surface area contributed by atoms with Crippen molar-refractivity contribution < 1.29 is 14.3 Å². The van der Waals surface area contributed by atoms with Crippen molar-refractivity contribution in [1.82, 2.24) is 0 Å². The lowest BCUT2D eigenvalue weighted by atomic mass is 10.2. The second kappa shape index (κ2) is 6.30. The highest BCUT2D eigenvalue weighted by molar-refractivity contribution is 6.31. The number of hydrogen-bond donors (Lipinski definition) is 1. The van der Waals surface area contributed by atoms with Crippen molar-refractivity contribution in [2.24, 2.45) is 0 Å². The zero-order valence-corrected chi connectivity index (χ0v) is 11.9. The molecule has 0 aromatic heterocycles.